The molecule has 2 atom stereocenters. The van der Waals surface area contributed by atoms with Gasteiger partial charge in [-0.05, 0) is 25.3 Å². The minimum Gasteiger partial charge on any atom is -0.472 e. The summed E-state index contributed by atoms with van der Waals surface area (Å²) in [6.45, 7) is 4.47. The number of aliphatic hydroxyl groups is 1. The van der Waals surface area contributed by atoms with Gasteiger partial charge in [-0.3, -0.25) is 0 Å². The molecular weight excluding hydrogens is 180 g/mol. The molecule has 3 nitrogen and oxygen atoms in total. The second kappa shape index (κ2) is 4.62. The lowest BCUT2D eigenvalue weighted by molar-refractivity contribution is -0.0111. The second-order valence-corrected chi connectivity index (χ2v) is 3.84. The van der Waals surface area contributed by atoms with Gasteiger partial charge in [0.2, 0.25) is 0 Å². The van der Waals surface area contributed by atoms with Gasteiger partial charge in [0, 0.05) is 19.3 Å². The Morgan fingerprint density at radius 1 is 1.64 bits per heavy atom. The van der Waals surface area contributed by atoms with Gasteiger partial charge in [0.15, 0.2) is 0 Å². The number of hydrogen-bond acceptors (Lipinski definition) is 3. The fourth-order valence-corrected chi connectivity index (χ4v) is 1.41. The molecule has 0 radical (unpaired) electrons. The van der Waals surface area contributed by atoms with Gasteiger partial charge < -0.3 is 14.3 Å². The summed E-state index contributed by atoms with van der Waals surface area (Å²) < 4.78 is 9.95. The molecular formula is C11H18O3. The van der Waals surface area contributed by atoms with Crippen LogP contribution in [0.2, 0.25) is 0 Å². The molecule has 0 aliphatic rings. The zero-order chi connectivity index (χ0) is 10.6. The first-order valence-corrected chi connectivity index (χ1v) is 4.83. The minimum atomic E-state index is -0.842. The van der Waals surface area contributed by atoms with Crippen molar-refractivity contribution in [1.29, 1.82) is 0 Å². The molecule has 1 heterocycles. The van der Waals surface area contributed by atoms with E-state index in [1.807, 2.05) is 6.92 Å². The molecule has 0 saturated carbocycles. The lowest BCUT2D eigenvalue weighted by atomic mass is 9.84. The predicted molar refractivity (Wildman–Crippen MR) is 53.9 cm³/mol. The maximum absolute atomic E-state index is 10.3. The Hall–Kier alpha value is -0.800. The van der Waals surface area contributed by atoms with Crippen LogP contribution in [-0.4, -0.2) is 18.8 Å². The van der Waals surface area contributed by atoms with Crippen molar-refractivity contribution in [3.63, 3.8) is 0 Å². The Labute approximate surface area is 84.7 Å². The summed E-state index contributed by atoms with van der Waals surface area (Å²) in [4.78, 5) is 0. The Morgan fingerprint density at radius 3 is 2.86 bits per heavy atom. The van der Waals surface area contributed by atoms with E-state index < -0.39 is 5.60 Å². The van der Waals surface area contributed by atoms with Crippen LogP contribution in [0.15, 0.2) is 23.0 Å². The summed E-state index contributed by atoms with van der Waals surface area (Å²) in [6.07, 6.45) is 3.99. The average Bonchev–Trinajstić information content (AvgIpc) is 2.67. The highest BCUT2D eigenvalue weighted by atomic mass is 16.5. The molecule has 0 bridgehead atoms. The number of ether oxygens (including phenoxy) is 1. The van der Waals surface area contributed by atoms with Gasteiger partial charge in [0.05, 0.1) is 18.1 Å². The Morgan fingerprint density at radius 2 is 2.36 bits per heavy atom. The zero-order valence-corrected chi connectivity index (χ0v) is 8.99. The van der Waals surface area contributed by atoms with Gasteiger partial charge in [0.25, 0.3) is 0 Å². The molecule has 1 rings (SSSR count). The fourth-order valence-electron chi connectivity index (χ4n) is 1.41. The molecule has 1 aromatic heterocycles. The first-order valence-electron chi connectivity index (χ1n) is 4.83. The van der Waals surface area contributed by atoms with Crippen LogP contribution >= 0.6 is 0 Å². The van der Waals surface area contributed by atoms with Crippen molar-refractivity contribution in [2.75, 3.05) is 13.7 Å². The monoisotopic (exact) mass is 198 g/mol. The van der Waals surface area contributed by atoms with E-state index in [0.717, 1.165) is 12.0 Å². The summed E-state index contributed by atoms with van der Waals surface area (Å²) in [5, 5.41) is 10.3. The molecule has 0 amide bonds. The van der Waals surface area contributed by atoms with Crippen molar-refractivity contribution in [2.45, 2.75) is 25.9 Å². The maximum Gasteiger partial charge on any atom is 0.0963 e. The largest absolute Gasteiger partial charge is 0.472 e. The van der Waals surface area contributed by atoms with Crippen LogP contribution in [0.3, 0.4) is 0 Å². The number of methoxy groups -OCH3 is 1. The summed E-state index contributed by atoms with van der Waals surface area (Å²) >= 11 is 0. The Bertz CT molecular complexity index is 252. The van der Waals surface area contributed by atoms with Crippen molar-refractivity contribution in [3.05, 3.63) is 24.2 Å². The predicted octanol–water partition coefficient (Wildman–Crippen LogP) is 2.16. The van der Waals surface area contributed by atoms with Gasteiger partial charge in [-0.1, -0.05) is 6.92 Å². The highest BCUT2D eigenvalue weighted by molar-refractivity contribution is 5.15. The van der Waals surface area contributed by atoms with Crippen LogP contribution < -0.4 is 0 Å². The van der Waals surface area contributed by atoms with Gasteiger partial charge in [0.1, 0.15) is 0 Å². The molecule has 0 spiro atoms. The molecule has 14 heavy (non-hydrogen) atoms. The summed E-state index contributed by atoms with van der Waals surface area (Å²) in [5.74, 6) is 0.139. The molecule has 1 N–H and O–H groups in total. The quantitative estimate of drug-likeness (QED) is 0.788. The number of hydrogen-bond donors (Lipinski definition) is 1. The second-order valence-electron chi connectivity index (χ2n) is 3.84. The van der Waals surface area contributed by atoms with E-state index in [0.29, 0.717) is 6.61 Å². The number of rotatable bonds is 5. The number of furan rings is 1. The maximum atomic E-state index is 10.3. The van der Waals surface area contributed by atoms with Crippen LogP contribution in [0.1, 0.15) is 25.8 Å². The molecule has 0 saturated heterocycles. The molecule has 0 fully saturated rings. The third kappa shape index (κ3) is 2.36. The smallest absolute Gasteiger partial charge is 0.0963 e. The van der Waals surface area contributed by atoms with E-state index in [4.69, 9.17) is 9.15 Å². The van der Waals surface area contributed by atoms with Gasteiger partial charge >= 0.3 is 0 Å². The third-order valence-electron chi connectivity index (χ3n) is 2.82. The van der Waals surface area contributed by atoms with Gasteiger partial charge in [-0.25, -0.2) is 0 Å². The SMILES string of the molecule is COCCC(C)C(C)(O)c1ccoc1. The minimum absolute atomic E-state index is 0.139. The van der Waals surface area contributed by atoms with E-state index in [2.05, 4.69) is 0 Å². The van der Waals surface area contributed by atoms with Gasteiger partial charge in [-0.15, -0.1) is 0 Å². The van der Waals surface area contributed by atoms with Crippen LogP contribution in [0.25, 0.3) is 0 Å². The van der Waals surface area contributed by atoms with Crippen LogP contribution in [0.4, 0.5) is 0 Å². The Balaban J connectivity index is 2.64. The highest BCUT2D eigenvalue weighted by Crippen LogP contribution is 2.31. The molecule has 0 aromatic carbocycles. The van der Waals surface area contributed by atoms with Crippen LogP contribution in [-0.2, 0) is 10.3 Å². The van der Waals surface area contributed by atoms with Crippen LogP contribution in [0, 0.1) is 5.92 Å². The molecule has 0 aliphatic heterocycles. The fraction of sp³-hybridized carbons (Fsp3) is 0.636. The summed E-state index contributed by atoms with van der Waals surface area (Å²) in [6, 6.07) is 1.79. The van der Waals surface area contributed by atoms with Crippen molar-refractivity contribution in [1.82, 2.24) is 0 Å². The highest BCUT2D eigenvalue weighted by Gasteiger charge is 2.30. The molecule has 0 aliphatic carbocycles. The van der Waals surface area contributed by atoms with Crippen molar-refractivity contribution < 1.29 is 14.3 Å². The standard InChI is InChI=1S/C11H18O3/c1-9(4-6-13-3)11(2,12)10-5-7-14-8-10/h5,7-9,12H,4,6H2,1-3H3. The lowest BCUT2D eigenvalue weighted by Gasteiger charge is -2.29. The summed E-state index contributed by atoms with van der Waals surface area (Å²) in [5.41, 5.74) is -0.0213. The molecule has 1 aromatic rings. The first-order chi connectivity index (χ1) is 6.59. The van der Waals surface area contributed by atoms with E-state index in [9.17, 15) is 5.11 Å². The van der Waals surface area contributed by atoms with E-state index >= 15 is 0 Å². The van der Waals surface area contributed by atoms with Crippen molar-refractivity contribution in [2.24, 2.45) is 5.92 Å². The lowest BCUT2D eigenvalue weighted by Crippen LogP contribution is -2.30. The van der Waals surface area contributed by atoms with Crippen molar-refractivity contribution >= 4 is 0 Å². The normalized spacial score (nSPS) is 17.7. The van der Waals surface area contributed by atoms with E-state index in [1.165, 1.54) is 0 Å². The van der Waals surface area contributed by atoms with E-state index in [-0.39, 0.29) is 5.92 Å². The Kier molecular flexibility index (Phi) is 3.72. The summed E-state index contributed by atoms with van der Waals surface area (Å²) in [7, 11) is 1.67. The molecule has 2 unspecified atom stereocenters. The van der Waals surface area contributed by atoms with Crippen molar-refractivity contribution in [3.8, 4) is 0 Å². The zero-order valence-electron chi connectivity index (χ0n) is 8.99. The average molecular weight is 198 g/mol. The topological polar surface area (TPSA) is 42.6 Å². The van der Waals surface area contributed by atoms with Crippen LogP contribution in [0.5, 0.6) is 0 Å². The first kappa shape index (κ1) is 11.3. The van der Waals surface area contributed by atoms with Gasteiger partial charge in [-0.2, -0.15) is 0 Å². The van der Waals surface area contributed by atoms with E-state index in [1.54, 1.807) is 32.6 Å². The molecule has 80 valence electrons. The molecule has 3 heteroatoms. The third-order valence-corrected chi connectivity index (χ3v) is 2.82.